The molecule has 0 N–H and O–H groups in total. The number of hydrogen-bond acceptors (Lipinski definition) is 0. The second-order valence-corrected chi connectivity index (χ2v) is 4.30. The third-order valence-electron chi connectivity index (χ3n) is 3.53. The van der Waals surface area contributed by atoms with E-state index in [1.165, 1.54) is 0 Å². The van der Waals surface area contributed by atoms with Crippen LogP contribution in [-0.4, -0.2) is 11.8 Å². The highest BCUT2D eigenvalue weighted by Gasteiger charge is 2.47. The first-order valence-corrected chi connectivity index (χ1v) is 5.05. The van der Waals surface area contributed by atoms with Gasteiger partial charge in [-0.1, -0.05) is 19.3 Å². The third kappa shape index (κ3) is 1.25. The molecule has 2 aliphatic rings. The standard InChI is InChI=1S/C10H16F2/c11-9-5-3-4-8(9)10(12)6-1-2-7-10/h8-9H,1-7H2. The van der Waals surface area contributed by atoms with Gasteiger partial charge in [-0.15, -0.1) is 0 Å². The average Bonchev–Trinajstić information content (AvgIpc) is 2.59. The summed E-state index contributed by atoms with van der Waals surface area (Å²) in [5, 5.41) is 0. The van der Waals surface area contributed by atoms with Gasteiger partial charge in [-0.3, -0.25) is 0 Å². The van der Waals surface area contributed by atoms with E-state index >= 15 is 0 Å². The molecule has 2 aliphatic carbocycles. The zero-order valence-corrected chi connectivity index (χ0v) is 7.36. The van der Waals surface area contributed by atoms with Crippen molar-refractivity contribution in [3.63, 3.8) is 0 Å². The average molecular weight is 174 g/mol. The number of alkyl halides is 2. The van der Waals surface area contributed by atoms with Crippen molar-refractivity contribution in [1.29, 1.82) is 0 Å². The zero-order valence-electron chi connectivity index (χ0n) is 7.36. The van der Waals surface area contributed by atoms with Gasteiger partial charge in [0.2, 0.25) is 0 Å². The van der Waals surface area contributed by atoms with E-state index in [-0.39, 0.29) is 5.92 Å². The summed E-state index contributed by atoms with van der Waals surface area (Å²) < 4.78 is 27.3. The Morgan fingerprint density at radius 2 is 1.67 bits per heavy atom. The molecule has 0 aliphatic heterocycles. The van der Waals surface area contributed by atoms with Crippen LogP contribution in [0.2, 0.25) is 0 Å². The van der Waals surface area contributed by atoms with Gasteiger partial charge in [0.1, 0.15) is 11.8 Å². The fourth-order valence-electron chi connectivity index (χ4n) is 2.83. The van der Waals surface area contributed by atoms with E-state index in [0.29, 0.717) is 19.3 Å². The van der Waals surface area contributed by atoms with Crippen molar-refractivity contribution in [3.05, 3.63) is 0 Å². The lowest BCUT2D eigenvalue weighted by Crippen LogP contribution is -2.33. The minimum atomic E-state index is -1.13. The quantitative estimate of drug-likeness (QED) is 0.571. The molecule has 0 aromatic heterocycles. The van der Waals surface area contributed by atoms with Crippen molar-refractivity contribution in [2.24, 2.45) is 5.92 Å². The monoisotopic (exact) mass is 174 g/mol. The summed E-state index contributed by atoms with van der Waals surface area (Å²) in [5.41, 5.74) is -1.13. The molecule has 0 bridgehead atoms. The van der Waals surface area contributed by atoms with E-state index < -0.39 is 11.8 Å². The van der Waals surface area contributed by atoms with Gasteiger partial charge in [0.05, 0.1) is 0 Å². The van der Waals surface area contributed by atoms with Crippen LogP contribution in [0.5, 0.6) is 0 Å². The van der Waals surface area contributed by atoms with Gasteiger partial charge < -0.3 is 0 Å². The van der Waals surface area contributed by atoms with Gasteiger partial charge in [-0.2, -0.15) is 0 Å². The first-order valence-electron chi connectivity index (χ1n) is 5.05. The summed E-state index contributed by atoms with van der Waals surface area (Å²) >= 11 is 0. The van der Waals surface area contributed by atoms with E-state index in [1.807, 2.05) is 0 Å². The molecule has 2 atom stereocenters. The zero-order chi connectivity index (χ0) is 8.60. The predicted molar refractivity (Wildman–Crippen MR) is 44.5 cm³/mol. The summed E-state index contributed by atoms with van der Waals surface area (Å²) in [5.74, 6) is -0.264. The van der Waals surface area contributed by atoms with Crippen molar-refractivity contribution < 1.29 is 8.78 Å². The number of hydrogen-bond donors (Lipinski definition) is 0. The van der Waals surface area contributed by atoms with Gasteiger partial charge in [0, 0.05) is 5.92 Å². The maximum absolute atomic E-state index is 14.0. The molecule has 0 radical (unpaired) electrons. The Morgan fingerprint density at radius 3 is 2.17 bits per heavy atom. The molecule has 2 unspecified atom stereocenters. The van der Waals surface area contributed by atoms with Crippen molar-refractivity contribution in [3.8, 4) is 0 Å². The third-order valence-corrected chi connectivity index (χ3v) is 3.53. The molecular formula is C10H16F2. The minimum absolute atomic E-state index is 0.264. The van der Waals surface area contributed by atoms with Gasteiger partial charge in [-0.25, -0.2) is 8.78 Å². The molecule has 2 fully saturated rings. The summed E-state index contributed by atoms with van der Waals surface area (Å²) in [7, 11) is 0. The largest absolute Gasteiger partial charge is 0.247 e. The van der Waals surface area contributed by atoms with E-state index in [0.717, 1.165) is 25.7 Å². The SMILES string of the molecule is FC1CCCC1C1(F)CCCC1. The van der Waals surface area contributed by atoms with E-state index in [4.69, 9.17) is 0 Å². The molecule has 0 amide bonds. The number of rotatable bonds is 1. The van der Waals surface area contributed by atoms with Gasteiger partial charge >= 0.3 is 0 Å². The summed E-state index contributed by atoms with van der Waals surface area (Å²) in [6.45, 7) is 0. The molecule has 2 saturated carbocycles. The van der Waals surface area contributed by atoms with Gasteiger partial charge in [0.25, 0.3) is 0 Å². The molecule has 0 aromatic rings. The summed E-state index contributed by atoms with van der Waals surface area (Å²) in [6, 6.07) is 0. The Labute approximate surface area is 72.3 Å². The highest BCUT2D eigenvalue weighted by Crippen LogP contribution is 2.47. The highest BCUT2D eigenvalue weighted by atomic mass is 19.2. The van der Waals surface area contributed by atoms with Crippen LogP contribution in [0, 0.1) is 5.92 Å². The molecule has 0 heterocycles. The summed E-state index contributed by atoms with van der Waals surface area (Å²) in [4.78, 5) is 0. The lowest BCUT2D eigenvalue weighted by molar-refractivity contribution is 0.0486. The minimum Gasteiger partial charge on any atom is -0.247 e. The first-order chi connectivity index (χ1) is 5.72. The fraction of sp³-hybridized carbons (Fsp3) is 1.00. The maximum atomic E-state index is 14.0. The fourth-order valence-corrected chi connectivity index (χ4v) is 2.83. The van der Waals surface area contributed by atoms with Crippen LogP contribution in [0.4, 0.5) is 8.78 Å². The van der Waals surface area contributed by atoms with Crippen LogP contribution < -0.4 is 0 Å². The van der Waals surface area contributed by atoms with Crippen molar-refractivity contribution in [2.45, 2.75) is 56.8 Å². The second-order valence-electron chi connectivity index (χ2n) is 4.30. The first kappa shape index (κ1) is 8.46. The smallest absolute Gasteiger partial charge is 0.116 e. The van der Waals surface area contributed by atoms with Gasteiger partial charge in [-0.05, 0) is 25.7 Å². The Hall–Kier alpha value is -0.140. The molecule has 0 spiro atoms. The maximum Gasteiger partial charge on any atom is 0.116 e. The lowest BCUT2D eigenvalue weighted by atomic mass is 9.85. The second kappa shape index (κ2) is 2.97. The van der Waals surface area contributed by atoms with Crippen LogP contribution in [-0.2, 0) is 0 Å². The van der Waals surface area contributed by atoms with Crippen molar-refractivity contribution in [1.82, 2.24) is 0 Å². The molecule has 0 nitrogen and oxygen atoms in total. The Morgan fingerprint density at radius 1 is 1.00 bits per heavy atom. The summed E-state index contributed by atoms with van der Waals surface area (Å²) in [6.07, 6.45) is 4.54. The van der Waals surface area contributed by atoms with Gasteiger partial charge in [0.15, 0.2) is 0 Å². The van der Waals surface area contributed by atoms with Crippen LogP contribution >= 0.6 is 0 Å². The molecule has 0 aromatic carbocycles. The Balaban J connectivity index is 2.06. The topological polar surface area (TPSA) is 0 Å². The molecule has 0 saturated heterocycles. The number of halogens is 2. The van der Waals surface area contributed by atoms with E-state index in [9.17, 15) is 8.78 Å². The van der Waals surface area contributed by atoms with Crippen molar-refractivity contribution >= 4 is 0 Å². The Kier molecular flexibility index (Phi) is 2.09. The molecule has 2 heteroatoms. The highest BCUT2D eigenvalue weighted by molar-refractivity contribution is 4.97. The predicted octanol–water partition coefficient (Wildman–Crippen LogP) is 3.41. The van der Waals surface area contributed by atoms with Crippen LogP contribution in [0.25, 0.3) is 0 Å². The molecule has 12 heavy (non-hydrogen) atoms. The molecule has 2 rings (SSSR count). The van der Waals surface area contributed by atoms with E-state index in [2.05, 4.69) is 0 Å². The Bertz CT molecular complexity index is 161. The van der Waals surface area contributed by atoms with Crippen LogP contribution in [0.3, 0.4) is 0 Å². The molecule has 70 valence electrons. The van der Waals surface area contributed by atoms with Crippen LogP contribution in [0.15, 0.2) is 0 Å². The van der Waals surface area contributed by atoms with Crippen LogP contribution in [0.1, 0.15) is 44.9 Å². The van der Waals surface area contributed by atoms with E-state index in [1.54, 1.807) is 0 Å². The normalized spacial score (nSPS) is 40.5. The molecular weight excluding hydrogens is 158 g/mol. The van der Waals surface area contributed by atoms with Crippen molar-refractivity contribution in [2.75, 3.05) is 0 Å². The lowest BCUT2D eigenvalue weighted by Gasteiger charge is -2.27.